The van der Waals surface area contributed by atoms with E-state index in [0.29, 0.717) is 19.0 Å². The van der Waals surface area contributed by atoms with Crippen LogP contribution in [0.25, 0.3) is 10.2 Å². The number of carbonyl (C=O) groups excluding carboxylic acids is 2. The summed E-state index contributed by atoms with van der Waals surface area (Å²) >= 11 is 1.78. The Labute approximate surface area is 179 Å². The topological polar surface area (TPSA) is 65.5 Å². The second-order valence-electron chi connectivity index (χ2n) is 8.01. The molecule has 0 bridgehead atoms. The molecule has 1 N–H and O–H groups in total. The zero-order valence-corrected chi connectivity index (χ0v) is 17.5. The van der Waals surface area contributed by atoms with Gasteiger partial charge in [-0.05, 0) is 30.5 Å². The first-order valence-electron chi connectivity index (χ1n) is 10.4. The van der Waals surface area contributed by atoms with E-state index in [9.17, 15) is 9.59 Å². The van der Waals surface area contributed by atoms with Gasteiger partial charge in [0.25, 0.3) is 5.91 Å². The van der Waals surface area contributed by atoms with Crippen LogP contribution in [0.2, 0.25) is 0 Å². The SMILES string of the molecule is O=C1N[C@@H](Cc2ccccc2)C(=O)N1CN1CCC(c2nc3ccccc3s2)CC1. The van der Waals surface area contributed by atoms with Crippen molar-refractivity contribution in [1.29, 1.82) is 0 Å². The molecule has 6 nitrogen and oxygen atoms in total. The molecule has 0 aliphatic carbocycles. The average Bonchev–Trinajstić information content (AvgIpc) is 3.32. The van der Waals surface area contributed by atoms with Crippen LogP contribution in [0.5, 0.6) is 0 Å². The van der Waals surface area contributed by atoms with Crippen LogP contribution in [0.3, 0.4) is 0 Å². The van der Waals surface area contributed by atoms with Gasteiger partial charge in [0.15, 0.2) is 0 Å². The number of para-hydroxylation sites is 1. The summed E-state index contributed by atoms with van der Waals surface area (Å²) in [5, 5.41) is 4.05. The van der Waals surface area contributed by atoms with Gasteiger partial charge in [-0.1, -0.05) is 42.5 Å². The van der Waals surface area contributed by atoms with Crippen LogP contribution in [-0.2, 0) is 11.2 Å². The smallest absolute Gasteiger partial charge is 0.325 e. The lowest BCUT2D eigenvalue weighted by atomic mass is 9.98. The molecule has 5 rings (SSSR count). The molecule has 1 atom stereocenters. The number of fused-ring (bicyclic) bond motifs is 1. The molecular weight excluding hydrogens is 396 g/mol. The van der Waals surface area contributed by atoms with Gasteiger partial charge in [-0.2, -0.15) is 0 Å². The van der Waals surface area contributed by atoms with Crippen molar-refractivity contribution in [3.63, 3.8) is 0 Å². The van der Waals surface area contributed by atoms with Gasteiger partial charge in [-0.25, -0.2) is 14.7 Å². The van der Waals surface area contributed by atoms with Crippen molar-refractivity contribution in [2.75, 3.05) is 19.8 Å². The number of nitrogens with zero attached hydrogens (tertiary/aromatic N) is 3. The number of thiazole rings is 1. The summed E-state index contributed by atoms with van der Waals surface area (Å²) in [6.07, 6.45) is 2.52. The second-order valence-corrected chi connectivity index (χ2v) is 9.07. The summed E-state index contributed by atoms with van der Waals surface area (Å²) in [5.41, 5.74) is 2.12. The average molecular weight is 421 g/mol. The van der Waals surface area contributed by atoms with Crippen LogP contribution in [0.15, 0.2) is 54.6 Å². The van der Waals surface area contributed by atoms with Crippen LogP contribution in [0.1, 0.15) is 29.3 Å². The number of piperidine rings is 1. The number of carbonyl (C=O) groups is 2. The highest BCUT2D eigenvalue weighted by Gasteiger charge is 2.39. The van der Waals surface area contributed by atoms with E-state index in [0.717, 1.165) is 37.0 Å². The minimum Gasteiger partial charge on any atom is -0.325 e. The van der Waals surface area contributed by atoms with Gasteiger partial charge in [0.05, 0.1) is 21.9 Å². The molecule has 0 unspecified atom stereocenters. The molecule has 2 aliphatic rings. The standard InChI is InChI=1S/C23H24N4O2S/c28-22-19(14-16-6-2-1-3-7-16)25-23(29)27(22)15-26-12-10-17(11-13-26)21-24-18-8-4-5-9-20(18)30-21/h1-9,17,19H,10-15H2,(H,25,29)/t19-/m0/s1. The number of hydrogen-bond acceptors (Lipinski definition) is 5. The molecule has 3 amide bonds. The summed E-state index contributed by atoms with van der Waals surface area (Å²) in [6.45, 7) is 2.09. The number of nitrogens with one attached hydrogen (secondary N) is 1. The number of benzene rings is 2. The van der Waals surface area contributed by atoms with E-state index in [1.807, 2.05) is 36.4 Å². The Bertz CT molecular complexity index is 1030. The molecule has 0 saturated carbocycles. The number of hydrogen-bond donors (Lipinski definition) is 1. The number of amides is 3. The molecule has 2 aromatic carbocycles. The summed E-state index contributed by atoms with van der Waals surface area (Å²) in [4.78, 5) is 33.6. The maximum atomic E-state index is 12.8. The zero-order valence-electron chi connectivity index (χ0n) is 16.7. The molecule has 3 heterocycles. The number of aromatic nitrogens is 1. The lowest BCUT2D eigenvalue weighted by Crippen LogP contribution is -2.45. The van der Waals surface area contributed by atoms with E-state index in [1.165, 1.54) is 14.6 Å². The van der Waals surface area contributed by atoms with Crippen molar-refractivity contribution in [3.8, 4) is 0 Å². The quantitative estimate of drug-likeness (QED) is 0.641. The second kappa shape index (κ2) is 8.16. The van der Waals surface area contributed by atoms with Crippen LogP contribution in [0.4, 0.5) is 4.79 Å². The fourth-order valence-electron chi connectivity index (χ4n) is 4.28. The highest BCUT2D eigenvalue weighted by atomic mass is 32.1. The van der Waals surface area contributed by atoms with E-state index < -0.39 is 6.04 Å². The Morgan fingerprint density at radius 1 is 1.00 bits per heavy atom. The zero-order chi connectivity index (χ0) is 20.5. The van der Waals surface area contributed by atoms with E-state index in [-0.39, 0.29) is 11.9 Å². The molecule has 7 heteroatoms. The van der Waals surface area contributed by atoms with Crippen molar-refractivity contribution < 1.29 is 9.59 Å². The Kier molecular flexibility index (Phi) is 5.23. The molecule has 2 fully saturated rings. The van der Waals surface area contributed by atoms with Crippen molar-refractivity contribution in [2.45, 2.75) is 31.2 Å². The Morgan fingerprint density at radius 3 is 2.50 bits per heavy atom. The first-order valence-corrected chi connectivity index (χ1v) is 11.2. The first kappa shape index (κ1) is 19.2. The maximum Gasteiger partial charge on any atom is 0.325 e. The molecule has 2 aliphatic heterocycles. The van der Waals surface area contributed by atoms with Crippen LogP contribution in [0, 0.1) is 0 Å². The lowest BCUT2D eigenvalue weighted by Gasteiger charge is -2.32. The highest BCUT2D eigenvalue weighted by Crippen LogP contribution is 2.33. The normalized spacial score (nSPS) is 20.8. The third-order valence-electron chi connectivity index (χ3n) is 5.98. The summed E-state index contributed by atoms with van der Waals surface area (Å²) in [6, 6.07) is 17.3. The van der Waals surface area contributed by atoms with Gasteiger partial charge in [-0.3, -0.25) is 9.69 Å². The molecule has 1 aromatic heterocycles. The predicted molar refractivity (Wildman–Crippen MR) is 117 cm³/mol. The minimum absolute atomic E-state index is 0.128. The van der Waals surface area contributed by atoms with Gasteiger partial charge in [0, 0.05) is 25.4 Å². The van der Waals surface area contributed by atoms with Crippen molar-refractivity contribution in [2.24, 2.45) is 0 Å². The Hall–Kier alpha value is -2.77. The number of likely N-dealkylation sites (tertiary alicyclic amines) is 1. The van der Waals surface area contributed by atoms with Crippen LogP contribution >= 0.6 is 11.3 Å². The summed E-state index contributed by atoms with van der Waals surface area (Å²) in [7, 11) is 0. The van der Waals surface area contributed by atoms with E-state index in [4.69, 9.17) is 4.98 Å². The van der Waals surface area contributed by atoms with E-state index in [2.05, 4.69) is 28.4 Å². The number of urea groups is 1. The van der Waals surface area contributed by atoms with E-state index in [1.54, 1.807) is 11.3 Å². The van der Waals surface area contributed by atoms with Crippen LogP contribution in [-0.4, -0.2) is 52.5 Å². The summed E-state index contributed by atoms with van der Waals surface area (Å²) in [5.74, 6) is 0.324. The molecule has 0 spiro atoms. The fraction of sp³-hybridized carbons (Fsp3) is 0.348. The van der Waals surface area contributed by atoms with Gasteiger partial charge in [0.2, 0.25) is 0 Å². The Morgan fingerprint density at radius 2 is 1.73 bits per heavy atom. The Balaban J connectivity index is 1.18. The maximum absolute atomic E-state index is 12.8. The van der Waals surface area contributed by atoms with Gasteiger partial charge in [-0.15, -0.1) is 11.3 Å². The van der Waals surface area contributed by atoms with Crippen LogP contribution < -0.4 is 5.32 Å². The van der Waals surface area contributed by atoms with Gasteiger partial charge in [0.1, 0.15) is 6.04 Å². The molecule has 2 saturated heterocycles. The summed E-state index contributed by atoms with van der Waals surface area (Å²) < 4.78 is 1.23. The molecule has 154 valence electrons. The highest BCUT2D eigenvalue weighted by molar-refractivity contribution is 7.18. The van der Waals surface area contributed by atoms with Gasteiger partial charge >= 0.3 is 6.03 Å². The molecule has 0 radical (unpaired) electrons. The van der Waals surface area contributed by atoms with Crippen molar-refractivity contribution in [1.82, 2.24) is 20.1 Å². The number of imide groups is 1. The predicted octanol–water partition coefficient (Wildman–Crippen LogP) is 3.60. The fourth-order valence-corrected chi connectivity index (χ4v) is 5.42. The monoisotopic (exact) mass is 420 g/mol. The molecular formula is C23H24N4O2S. The largest absolute Gasteiger partial charge is 0.325 e. The van der Waals surface area contributed by atoms with Gasteiger partial charge < -0.3 is 5.32 Å². The van der Waals surface area contributed by atoms with E-state index >= 15 is 0 Å². The third kappa shape index (κ3) is 3.82. The lowest BCUT2D eigenvalue weighted by molar-refractivity contribution is -0.129. The van der Waals surface area contributed by atoms with Crippen molar-refractivity contribution >= 4 is 33.5 Å². The number of rotatable bonds is 5. The third-order valence-corrected chi connectivity index (χ3v) is 7.18. The minimum atomic E-state index is -0.472. The van der Waals surface area contributed by atoms with Crippen molar-refractivity contribution in [3.05, 3.63) is 65.2 Å². The molecule has 3 aromatic rings. The first-order chi connectivity index (χ1) is 14.7. The molecule has 30 heavy (non-hydrogen) atoms.